The van der Waals surface area contributed by atoms with Crippen molar-refractivity contribution in [2.75, 3.05) is 18.5 Å². The third-order valence-corrected chi connectivity index (χ3v) is 4.72. The zero-order valence-electron chi connectivity index (χ0n) is 16.4. The number of rotatable bonds is 7. The highest BCUT2D eigenvalue weighted by Gasteiger charge is 2.45. The lowest BCUT2D eigenvalue weighted by atomic mass is 9.87. The first-order chi connectivity index (χ1) is 12.9. The molecule has 0 saturated heterocycles. The molecule has 27 heavy (non-hydrogen) atoms. The van der Waals surface area contributed by atoms with Crippen molar-refractivity contribution >= 4 is 5.69 Å². The minimum absolute atomic E-state index is 0.243. The topological polar surface area (TPSA) is 39.7 Å². The van der Waals surface area contributed by atoms with E-state index < -0.39 is 5.60 Å². The Labute approximate surface area is 160 Å². The maximum Gasteiger partial charge on any atom is 0.132 e. The molecule has 2 unspecified atom stereocenters. The molecule has 4 nitrogen and oxygen atoms in total. The molecule has 2 aromatic carbocycles. The lowest BCUT2D eigenvalue weighted by Gasteiger charge is -2.44. The SMILES string of the molecule is CCNc1ccc2c(c1)C(OCC)C(OCc1ccc(F)cc1)C(C)(C)O2. The first-order valence-electron chi connectivity index (χ1n) is 9.49. The highest BCUT2D eigenvalue weighted by Crippen LogP contribution is 2.44. The van der Waals surface area contributed by atoms with E-state index in [0.29, 0.717) is 13.2 Å². The van der Waals surface area contributed by atoms with Crippen LogP contribution in [-0.2, 0) is 16.1 Å². The molecule has 0 amide bonds. The summed E-state index contributed by atoms with van der Waals surface area (Å²) in [5.74, 6) is 0.568. The quantitative estimate of drug-likeness (QED) is 0.734. The molecule has 2 aromatic rings. The molecular formula is C22H28FNO3. The second-order valence-corrected chi connectivity index (χ2v) is 7.22. The van der Waals surface area contributed by atoms with Crippen LogP contribution in [0.4, 0.5) is 10.1 Å². The Morgan fingerprint density at radius 1 is 1.07 bits per heavy atom. The molecule has 0 saturated carbocycles. The van der Waals surface area contributed by atoms with Crippen LogP contribution in [0.5, 0.6) is 5.75 Å². The van der Waals surface area contributed by atoms with Crippen molar-refractivity contribution in [1.29, 1.82) is 0 Å². The Bertz CT molecular complexity index is 761. The second kappa shape index (κ2) is 8.28. The Balaban J connectivity index is 1.88. The first-order valence-corrected chi connectivity index (χ1v) is 9.49. The van der Waals surface area contributed by atoms with Crippen molar-refractivity contribution < 1.29 is 18.6 Å². The average Bonchev–Trinajstić information content (AvgIpc) is 2.63. The lowest BCUT2D eigenvalue weighted by Crippen LogP contribution is -2.51. The highest BCUT2D eigenvalue weighted by atomic mass is 19.1. The molecule has 0 spiro atoms. The van der Waals surface area contributed by atoms with E-state index in [-0.39, 0.29) is 18.0 Å². The van der Waals surface area contributed by atoms with E-state index in [1.165, 1.54) is 12.1 Å². The molecule has 0 aliphatic carbocycles. The summed E-state index contributed by atoms with van der Waals surface area (Å²) in [5.41, 5.74) is 2.36. The summed E-state index contributed by atoms with van der Waals surface area (Å²) in [6.45, 7) is 9.84. The Morgan fingerprint density at radius 2 is 1.81 bits per heavy atom. The maximum atomic E-state index is 13.1. The fourth-order valence-corrected chi connectivity index (χ4v) is 3.46. The molecule has 0 fully saturated rings. The average molecular weight is 373 g/mol. The van der Waals surface area contributed by atoms with Gasteiger partial charge in [-0.3, -0.25) is 0 Å². The second-order valence-electron chi connectivity index (χ2n) is 7.22. The van der Waals surface area contributed by atoms with Crippen molar-refractivity contribution in [2.45, 2.75) is 52.1 Å². The summed E-state index contributed by atoms with van der Waals surface area (Å²) in [7, 11) is 0. The van der Waals surface area contributed by atoms with Gasteiger partial charge < -0.3 is 19.5 Å². The van der Waals surface area contributed by atoms with Gasteiger partial charge in [0.1, 0.15) is 29.4 Å². The fourth-order valence-electron chi connectivity index (χ4n) is 3.46. The molecule has 2 atom stereocenters. The van der Waals surface area contributed by atoms with E-state index in [9.17, 15) is 4.39 Å². The summed E-state index contributed by atoms with van der Waals surface area (Å²) in [6, 6.07) is 12.4. The Morgan fingerprint density at radius 3 is 2.48 bits per heavy atom. The van der Waals surface area contributed by atoms with E-state index in [1.807, 2.05) is 32.9 Å². The molecule has 1 aliphatic heterocycles. The molecule has 1 aliphatic rings. The Kier molecular flexibility index (Phi) is 6.02. The standard InChI is InChI=1S/C22H28FNO3/c1-5-24-17-11-12-19-18(13-17)20(25-6-2)21(22(3,4)27-19)26-14-15-7-9-16(23)10-8-15/h7-13,20-21,24H,5-6,14H2,1-4H3. The van der Waals surface area contributed by atoms with Crippen LogP contribution in [-0.4, -0.2) is 24.9 Å². The van der Waals surface area contributed by atoms with Crippen LogP contribution in [0.1, 0.15) is 44.9 Å². The minimum Gasteiger partial charge on any atom is -0.485 e. The highest BCUT2D eigenvalue weighted by molar-refractivity contribution is 5.53. The van der Waals surface area contributed by atoms with E-state index in [4.69, 9.17) is 14.2 Å². The third kappa shape index (κ3) is 4.42. The largest absolute Gasteiger partial charge is 0.485 e. The maximum absolute atomic E-state index is 13.1. The van der Waals surface area contributed by atoms with Crippen LogP contribution < -0.4 is 10.1 Å². The monoisotopic (exact) mass is 373 g/mol. The number of halogens is 1. The van der Waals surface area contributed by atoms with Crippen LogP contribution in [0.25, 0.3) is 0 Å². The van der Waals surface area contributed by atoms with Gasteiger partial charge in [-0.05, 0) is 63.6 Å². The van der Waals surface area contributed by atoms with Crippen LogP contribution in [0.15, 0.2) is 42.5 Å². The van der Waals surface area contributed by atoms with Crippen molar-refractivity contribution in [3.63, 3.8) is 0 Å². The van der Waals surface area contributed by atoms with E-state index in [0.717, 1.165) is 29.1 Å². The molecule has 0 bridgehead atoms. The molecule has 1 N–H and O–H groups in total. The summed E-state index contributed by atoms with van der Waals surface area (Å²) in [6.07, 6.45) is -0.542. The van der Waals surface area contributed by atoms with Gasteiger partial charge in [0, 0.05) is 24.4 Å². The summed E-state index contributed by atoms with van der Waals surface area (Å²) < 4.78 is 31.8. The number of benzene rings is 2. The van der Waals surface area contributed by atoms with Crippen molar-refractivity contribution in [3.05, 3.63) is 59.4 Å². The summed E-state index contributed by atoms with van der Waals surface area (Å²) in [5, 5.41) is 3.33. The smallest absolute Gasteiger partial charge is 0.132 e. The van der Waals surface area contributed by atoms with Gasteiger partial charge in [0.25, 0.3) is 0 Å². The molecule has 0 radical (unpaired) electrons. The minimum atomic E-state index is -0.563. The normalized spacial score (nSPS) is 20.6. The van der Waals surface area contributed by atoms with Crippen LogP contribution >= 0.6 is 0 Å². The predicted molar refractivity (Wildman–Crippen MR) is 105 cm³/mol. The summed E-state index contributed by atoms with van der Waals surface area (Å²) >= 11 is 0. The van der Waals surface area contributed by atoms with Crippen LogP contribution in [0.3, 0.4) is 0 Å². The van der Waals surface area contributed by atoms with Gasteiger partial charge in [0.05, 0.1) is 6.61 Å². The van der Waals surface area contributed by atoms with Crippen molar-refractivity contribution in [3.8, 4) is 5.75 Å². The molecule has 1 heterocycles. The first kappa shape index (κ1) is 19.6. The number of anilines is 1. The zero-order chi connectivity index (χ0) is 19.4. The molecule has 146 valence electrons. The third-order valence-electron chi connectivity index (χ3n) is 4.72. The fraction of sp³-hybridized carbons (Fsp3) is 0.455. The Hall–Kier alpha value is -2.11. The van der Waals surface area contributed by atoms with E-state index >= 15 is 0 Å². The molecule has 5 heteroatoms. The van der Waals surface area contributed by atoms with Gasteiger partial charge in [0.2, 0.25) is 0 Å². The zero-order valence-corrected chi connectivity index (χ0v) is 16.4. The van der Waals surface area contributed by atoms with Crippen LogP contribution in [0.2, 0.25) is 0 Å². The van der Waals surface area contributed by atoms with E-state index in [2.05, 4.69) is 18.3 Å². The molecule has 0 aromatic heterocycles. The number of ether oxygens (including phenoxy) is 3. The predicted octanol–water partition coefficient (Wildman–Crippen LogP) is 5.09. The molecular weight excluding hydrogens is 345 g/mol. The van der Waals surface area contributed by atoms with Gasteiger partial charge in [-0.25, -0.2) is 4.39 Å². The number of fused-ring (bicyclic) bond motifs is 1. The van der Waals surface area contributed by atoms with Crippen molar-refractivity contribution in [1.82, 2.24) is 0 Å². The van der Waals surface area contributed by atoms with Crippen LogP contribution in [0, 0.1) is 5.82 Å². The van der Waals surface area contributed by atoms with Gasteiger partial charge in [-0.15, -0.1) is 0 Å². The van der Waals surface area contributed by atoms with Gasteiger partial charge in [0.15, 0.2) is 0 Å². The lowest BCUT2D eigenvalue weighted by molar-refractivity contribution is -0.165. The van der Waals surface area contributed by atoms with E-state index in [1.54, 1.807) is 12.1 Å². The van der Waals surface area contributed by atoms with Gasteiger partial charge in [-0.1, -0.05) is 12.1 Å². The van der Waals surface area contributed by atoms with Gasteiger partial charge >= 0.3 is 0 Å². The van der Waals surface area contributed by atoms with Gasteiger partial charge in [-0.2, -0.15) is 0 Å². The number of nitrogens with one attached hydrogen (secondary N) is 1. The number of hydrogen-bond donors (Lipinski definition) is 1. The van der Waals surface area contributed by atoms with Crippen molar-refractivity contribution in [2.24, 2.45) is 0 Å². The summed E-state index contributed by atoms with van der Waals surface area (Å²) in [4.78, 5) is 0. The molecule has 3 rings (SSSR count). The number of hydrogen-bond acceptors (Lipinski definition) is 4.